The Kier molecular flexibility index (Phi) is 6.88. The molecule has 126 valence electrons. The van der Waals surface area contributed by atoms with Crippen molar-refractivity contribution >= 4 is 29.3 Å². The van der Waals surface area contributed by atoms with E-state index in [2.05, 4.69) is 29.6 Å². The summed E-state index contributed by atoms with van der Waals surface area (Å²) in [6.45, 7) is 4.10. The zero-order valence-electron chi connectivity index (χ0n) is 13.9. The number of amides is 1. The summed E-state index contributed by atoms with van der Waals surface area (Å²) in [5, 5.41) is 2.78. The van der Waals surface area contributed by atoms with Crippen LogP contribution in [0.15, 0.2) is 48.5 Å². The molecule has 0 bridgehead atoms. The lowest BCUT2D eigenvalue weighted by atomic mass is 10.2. The van der Waals surface area contributed by atoms with Crippen LogP contribution >= 0.6 is 11.8 Å². The highest BCUT2D eigenvalue weighted by Gasteiger charge is 2.13. The summed E-state index contributed by atoms with van der Waals surface area (Å²) in [5.74, 6) is 0.530. The molecule has 0 unspecified atom stereocenters. The first-order valence-corrected chi connectivity index (χ1v) is 8.95. The minimum absolute atomic E-state index is 0.135. The maximum absolute atomic E-state index is 12.1. The molecule has 0 saturated carbocycles. The van der Waals surface area contributed by atoms with Gasteiger partial charge in [-0.2, -0.15) is 0 Å². The van der Waals surface area contributed by atoms with Crippen LogP contribution in [0.4, 0.5) is 5.69 Å². The van der Waals surface area contributed by atoms with E-state index in [1.807, 2.05) is 6.92 Å². The molecule has 24 heavy (non-hydrogen) atoms. The van der Waals surface area contributed by atoms with Crippen molar-refractivity contribution < 1.29 is 14.3 Å². The Morgan fingerprint density at radius 3 is 2.50 bits per heavy atom. The molecule has 2 aromatic rings. The van der Waals surface area contributed by atoms with Crippen LogP contribution in [0.1, 0.15) is 28.4 Å². The molecule has 0 radical (unpaired) electrons. The molecular formula is C19H21NO3S. The predicted molar refractivity (Wildman–Crippen MR) is 98.4 cm³/mol. The van der Waals surface area contributed by atoms with Crippen LogP contribution < -0.4 is 5.32 Å². The van der Waals surface area contributed by atoms with Crippen molar-refractivity contribution in [2.45, 2.75) is 19.6 Å². The molecule has 0 heterocycles. The number of hydrogen-bond acceptors (Lipinski definition) is 4. The van der Waals surface area contributed by atoms with E-state index in [-0.39, 0.29) is 5.91 Å². The molecule has 0 fully saturated rings. The van der Waals surface area contributed by atoms with E-state index in [1.165, 1.54) is 22.9 Å². The largest absolute Gasteiger partial charge is 0.462 e. The van der Waals surface area contributed by atoms with Gasteiger partial charge in [-0.15, -0.1) is 11.8 Å². The van der Waals surface area contributed by atoms with E-state index in [0.29, 0.717) is 23.6 Å². The average molecular weight is 343 g/mol. The van der Waals surface area contributed by atoms with Crippen LogP contribution in [0.5, 0.6) is 0 Å². The normalized spacial score (nSPS) is 10.2. The van der Waals surface area contributed by atoms with Gasteiger partial charge in [0.2, 0.25) is 5.91 Å². The van der Waals surface area contributed by atoms with Gasteiger partial charge in [0.1, 0.15) is 0 Å². The molecule has 0 spiro atoms. The molecule has 0 aromatic heterocycles. The predicted octanol–water partition coefficient (Wildman–Crippen LogP) is 4.04. The Bertz CT molecular complexity index is 698. The second-order valence-electron chi connectivity index (χ2n) is 5.29. The zero-order chi connectivity index (χ0) is 17.4. The van der Waals surface area contributed by atoms with Gasteiger partial charge in [-0.25, -0.2) is 4.79 Å². The van der Waals surface area contributed by atoms with Crippen molar-refractivity contribution in [2.75, 3.05) is 17.7 Å². The number of nitrogens with one attached hydrogen (secondary N) is 1. The number of carbonyl (C=O) groups excluding carboxylic acids is 2. The molecule has 2 rings (SSSR count). The number of thioether (sulfide) groups is 1. The Morgan fingerprint density at radius 1 is 1.08 bits per heavy atom. The Balaban J connectivity index is 1.88. The molecule has 1 amide bonds. The van der Waals surface area contributed by atoms with Crippen LogP contribution in [0, 0.1) is 6.92 Å². The molecule has 0 saturated heterocycles. The molecule has 0 aliphatic carbocycles. The number of rotatable bonds is 7. The highest BCUT2D eigenvalue weighted by molar-refractivity contribution is 7.99. The number of esters is 1. The lowest BCUT2D eigenvalue weighted by molar-refractivity contribution is -0.113. The fourth-order valence-electron chi connectivity index (χ4n) is 2.11. The minimum atomic E-state index is -0.430. The lowest BCUT2D eigenvalue weighted by Gasteiger charge is -2.10. The first-order valence-electron chi connectivity index (χ1n) is 7.79. The summed E-state index contributed by atoms with van der Waals surface area (Å²) >= 11 is 1.54. The highest BCUT2D eigenvalue weighted by Crippen LogP contribution is 2.18. The van der Waals surface area contributed by atoms with Crippen LogP contribution in [-0.2, 0) is 15.3 Å². The molecule has 0 atom stereocenters. The van der Waals surface area contributed by atoms with E-state index < -0.39 is 5.97 Å². The number of hydrogen-bond donors (Lipinski definition) is 1. The number of benzene rings is 2. The minimum Gasteiger partial charge on any atom is -0.462 e. The van der Waals surface area contributed by atoms with Crippen molar-refractivity contribution in [3.8, 4) is 0 Å². The van der Waals surface area contributed by atoms with E-state index in [0.717, 1.165) is 5.75 Å². The fourth-order valence-corrected chi connectivity index (χ4v) is 2.90. The van der Waals surface area contributed by atoms with Crippen molar-refractivity contribution in [3.05, 3.63) is 65.2 Å². The smallest absolute Gasteiger partial charge is 0.340 e. The number of aryl methyl sites for hydroxylation is 1. The average Bonchev–Trinajstić information content (AvgIpc) is 2.57. The van der Waals surface area contributed by atoms with Crippen LogP contribution in [-0.4, -0.2) is 24.2 Å². The summed E-state index contributed by atoms with van der Waals surface area (Å²) < 4.78 is 5.00. The Morgan fingerprint density at radius 2 is 1.79 bits per heavy atom. The van der Waals surface area contributed by atoms with Gasteiger partial charge in [0.15, 0.2) is 0 Å². The number of carbonyl (C=O) groups is 2. The molecule has 5 heteroatoms. The quantitative estimate of drug-likeness (QED) is 0.771. The molecule has 1 N–H and O–H groups in total. The lowest BCUT2D eigenvalue weighted by Crippen LogP contribution is -2.17. The topological polar surface area (TPSA) is 55.4 Å². The standard InChI is InChI=1S/C19H21NO3S/c1-3-23-19(22)16-6-4-5-7-17(16)20-18(21)13-24-12-15-10-8-14(2)9-11-15/h4-11H,3,12-13H2,1-2H3,(H,20,21). The van der Waals surface area contributed by atoms with E-state index in [9.17, 15) is 9.59 Å². The maximum Gasteiger partial charge on any atom is 0.340 e. The van der Waals surface area contributed by atoms with Crippen LogP contribution in [0.3, 0.4) is 0 Å². The third-order valence-electron chi connectivity index (χ3n) is 3.32. The molecule has 0 aliphatic rings. The number of ether oxygens (including phenoxy) is 1. The van der Waals surface area contributed by atoms with Gasteiger partial charge in [-0.05, 0) is 31.5 Å². The number of anilines is 1. The van der Waals surface area contributed by atoms with Crippen LogP contribution in [0.25, 0.3) is 0 Å². The van der Waals surface area contributed by atoms with Gasteiger partial charge in [0.25, 0.3) is 0 Å². The van der Waals surface area contributed by atoms with Crippen molar-refractivity contribution in [2.24, 2.45) is 0 Å². The van der Waals surface area contributed by atoms with Crippen molar-refractivity contribution in [1.82, 2.24) is 0 Å². The molecule has 4 nitrogen and oxygen atoms in total. The molecular weight excluding hydrogens is 322 g/mol. The van der Waals surface area contributed by atoms with Gasteiger partial charge in [0, 0.05) is 5.75 Å². The first kappa shape index (κ1) is 18.1. The monoisotopic (exact) mass is 343 g/mol. The molecule has 2 aromatic carbocycles. The van der Waals surface area contributed by atoms with Gasteiger partial charge in [-0.3, -0.25) is 4.79 Å². The van der Waals surface area contributed by atoms with Gasteiger partial charge in [-0.1, -0.05) is 42.0 Å². The van der Waals surface area contributed by atoms with Crippen LogP contribution in [0.2, 0.25) is 0 Å². The number of para-hydroxylation sites is 1. The summed E-state index contributed by atoms with van der Waals surface area (Å²) in [6.07, 6.45) is 0. The second-order valence-corrected chi connectivity index (χ2v) is 6.28. The first-order chi connectivity index (χ1) is 11.6. The van der Waals surface area contributed by atoms with E-state index >= 15 is 0 Å². The van der Waals surface area contributed by atoms with Gasteiger partial charge >= 0.3 is 5.97 Å². The SMILES string of the molecule is CCOC(=O)c1ccccc1NC(=O)CSCc1ccc(C)cc1. The fraction of sp³-hybridized carbons (Fsp3) is 0.263. The molecule has 0 aliphatic heterocycles. The Hall–Kier alpha value is -2.27. The second kappa shape index (κ2) is 9.13. The maximum atomic E-state index is 12.1. The van der Waals surface area contributed by atoms with E-state index in [1.54, 1.807) is 31.2 Å². The van der Waals surface area contributed by atoms with Crippen molar-refractivity contribution in [1.29, 1.82) is 0 Å². The van der Waals surface area contributed by atoms with E-state index in [4.69, 9.17) is 4.74 Å². The Labute approximate surface area is 146 Å². The third kappa shape index (κ3) is 5.42. The summed E-state index contributed by atoms with van der Waals surface area (Å²) in [6, 6.07) is 15.1. The zero-order valence-corrected chi connectivity index (χ0v) is 14.7. The highest BCUT2D eigenvalue weighted by atomic mass is 32.2. The van der Waals surface area contributed by atoms with Crippen molar-refractivity contribution in [3.63, 3.8) is 0 Å². The summed E-state index contributed by atoms with van der Waals surface area (Å²) in [7, 11) is 0. The summed E-state index contributed by atoms with van der Waals surface area (Å²) in [4.78, 5) is 24.0. The van der Waals surface area contributed by atoms with Gasteiger partial charge in [0.05, 0.1) is 23.6 Å². The summed E-state index contributed by atoms with van der Waals surface area (Å²) in [5.41, 5.74) is 3.26. The van der Waals surface area contributed by atoms with Gasteiger partial charge < -0.3 is 10.1 Å². The third-order valence-corrected chi connectivity index (χ3v) is 4.32.